The van der Waals surface area contributed by atoms with Crippen molar-refractivity contribution in [2.75, 3.05) is 19.4 Å². The molecule has 0 saturated carbocycles. The van der Waals surface area contributed by atoms with Crippen LogP contribution in [0.3, 0.4) is 0 Å². The largest absolute Gasteiger partial charge is 0.496 e. The van der Waals surface area contributed by atoms with Crippen LogP contribution in [0.15, 0.2) is 36.4 Å². The van der Waals surface area contributed by atoms with Crippen molar-refractivity contribution in [2.24, 2.45) is 0 Å². The molecule has 2 aromatic carbocycles. The minimum absolute atomic E-state index is 0.0109. The zero-order valence-corrected chi connectivity index (χ0v) is 17.2. The molecule has 2 aromatic rings. The number of aryl methyl sites for hydroxylation is 2. The lowest BCUT2D eigenvalue weighted by Gasteiger charge is -2.16. The summed E-state index contributed by atoms with van der Waals surface area (Å²) in [7, 11) is 1.67. The van der Waals surface area contributed by atoms with Crippen LogP contribution in [0.25, 0.3) is 0 Å². The van der Waals surface area contributed by atoms with E-state index in [1.807, 2.05) is 30.8 Å². The molecule has 3 nitrogen and oxygen atoms in total. The van der Waals surface area contributed by atoms with Crippen LogP contribution in [0, 0.1) is 13.8 Å². The molecule has 1 amide bonds. The SMILES string of the molecule is COc1cc(C)c(C(=O)NCCSCc2cccc(C)c2)cc1C(C)C. The minimum atomic E-state index is -0.0109. The second-order valence-corrected chi connectivity index (χ2v) is 7.97. The van der Waals surface area contributed by atoms with Gasteiger partial charge in [0, 0.05) is 23.6 Å². The molecule has 2 rings (SSSR count). The second kappa shape index (κ2) is 9.67. The van der Waals surface area contributed by atoms with Gasteiger partial charge in [0.05, 0.1) is 7.11 Å². The highest BCUT2D eigenvalue weighted by atomic mass is 32.2. The van der Waals surface area contributed by atoms with E-state index in [4.69, 9.17) is 4.74 Å². The van der Waals surface area contributed by atoms with Crippen LogP contribution < -0.4 is 10.1 Å². The molecule has 0 aliphatic carbocycles. The first-order chi connectivity index (χ1) is 12.4. The van der Waals surface area contributed by atoms with E-state index in [0.717, 1.165) is 33.9 Å². The quantitative estimate of drug-likeness (QED) is 0.656. The number of ether oxygens (including phenoxy) is 1. The number of hydrogen-bond donors (Lipinski definition) is 1. The molecule has 0 saturated heterocycles. The number of rotatable bonds is 8. The zero-order chi connectivity index (χ0) is 19.1. The van der Waals surface area contributed by atoms with Gasteiger partial charge in [0.25, 0.3) is 5.91 Å². The number of thioether (sulfide) groups is 1. The molecule has 1 N–H and O–H groups in total. The van der Waals surface area contributed by atoms with Crippen LogP contribution >= 0.6 is 11.8 Å². The molecule has 0 aliphatic heterocycles. The highest BCUT2D eigenvalue weighted by molar-refractivity contribution is 7.98. The molecular weight excluding hydrogens is 342 g/mol. The third-order valence-electron chi connectivity index (χ3n) is 4.33. The summed E-state index contributed by atoms with van der Waals surface area (Å²) < 4.78 is 5.45. The summed E-state index contributed by atoms with van der Waals surface area (Å²) in [6, 6.07) is 12.5. The molecule has 0 unspecified atom stereocenters. The van der Waals surface area contributed by atoms with Crippen LogP contribution in [0.4, 0.5) is 0 Å². The van der Waals surface area contributed by atoms with Crippen molar-refractivity contribution in [1.29, 1.82) is 0 Å². The van der Waals surface area contributed by atoms with E-state index in [-0.39, 0.29) is 5.91 Å². The molecule has 26 heavy (non-hydrogen) atoms. The maximum atomic E-state index is 12.6. The Labute approximate surface area is 161 Å². The number of amides is 1. The molecule has 0 radical (unpaired) electrons. The Bertz CT molecular complexity index is 756. The lowest BCUT2D eigenvalue weighted by atomic mass is 9.96. The van der Waals surface area contributed by atoms with E-state index < -0.39 is 0 Å². The van der Waals surface area contributed by atoms with E-state index in [2.05, 4.69) is 50.4 Å². The summed E-state index contributed by atoms with van der Waals surface area (Å²) in [4.78, 5) is 12.6. The van der Waals surface area contributed by atoms with Gasteiger partial charge >= 0.3 is 0 Å². The van der Waals surface area contributed by atoms with Gasteiger partial charge in [-0.2, -0.15) is 11.8 Å². The predicted molar refractivity (Wildman–Crippen MR) is 111 cm³/mol. The van der Waals surface area contributed by atoms with Crippen LogP contribution in [0.2, 0.25) is 0 Å². The molecule has 0 aliphatic rings. The lowest BCUT2D eigenvalue weighted by molar-refractivity contribution is 0.0955. The molecule has 4 heteroatoms. The van der Waals surface area contributed by atoms with Crippen molar-refractivity contribution in [3.63, 3.8) is 0 Å². The zero-order valence-electron chi connectivity index (χ0n) is 16.4. The Morgan fingerprint density at radius 2 is 1.96 bits per heavy atom. The van der Waals surface area contributed by atoms with Crippen molar-refractivity contribution in [3.05, 3.63) is 64.2 Å². The number of hydrogen-bond acceptors (Lipinski definition) is 3. The molecule has 0 heterocycles. The number of benzene rings is 2. The number of carbonyl (C=O) groups is 1. The summed E-state index contributed by atoms with van der Waals surface area (Å²) in [5.41, 5.74) is 5.35. The third kappa shape index (κ3) is 5.53. The average Bonchev–Trinajstić information content (AvgIpc) is 2.60. The molecule has 0 atom stereocenters. The monoisotopic (exact) mass is 371 g/mol. The van der Waals surface area contributed by atoms with Crippen LogP contribution in [-0.2, 0) is 5.75 Å². The van der Waals surface area contributed by atoms with E-state index >= 15 is 0 Å². The van der Waals surface area contributed by atoms with Crippen molar-refractivity contribution < 1.29 is 9.53 Å². The van der Waals surface area contributed by atoms with Crippen molar-refractivity contribution in [2.45, 2.75) is 39.4 Å². The normalized spacial score (nSPS) is 10.8. The lowest BCUT2D eigenvalue weighted by Crippen LogP contribution is -2.26. The van der Waals surface area contributed by atoms with Gasteiger partial charge in [-0.25, -0.2) is 0 Å². The minimum Gasteiger partial charge on any atom is -0.496 e. The van der Waals surface area contributed by atoms with E-state index in [9.17, 15) is 4.79 Å². The highest BCUT2D eigenvalue weighted by Gasteiger charge is 2.15. The van der Waals surface area contributed by atoms with E-state index in [1.165, 1.54) is 11.1 Å². The summed E-state index contributed by atoms with van der Waals surface area (Å²) in [6.45, 7) is 8.94. The summed E-state index contributed by atoms with van der Waals surface area (Å²) in [6.07, 6.45) is 0. The summed E-state index contributed by atoms with van der Waals surface area (Å²) in [5.74, 6) is 3.01. The molecular formula is C22H29NO2S. The Morgan fingerprint density at radius 1 is 1.19 bits per heavy atom. The fraction of sp³-hybridized carbons (Fsp3) is 0.409. The Morgan fingerprint density at radius 3 is 2.62 bits per heavy atom. The van der Waals surface area contributed by atoms with Gasteiger partial charge in [0.2, 0.25) is 0 Å². The number of methoxy groups -OCH3 is 1. The third-order valence-corrected chi connectivity index (χ3v) is 5.36. The smallest absolute Gasteiger partial charge is 0.251 e. The van der Waals surface area contributed by atoms with Crippen molar-refractivity contribution in [3.8, 4) is 5.75 Å². The Balaban J connectivity index is 1.88. The van der Waals surface area contributed by atoms with Crippen molar-refractivity contribution >= 4 is 17.7 Å². The van der Waals surface area contributed by atoms with Crippen LogP contribution in [0.5, 0.6) is 5.75 Å². The van der Waals surface area contributed by atoms with Crippen molar-refractivity contribution in [1.82, 2.24) is 5.32 Å². The first-order valence-corrected chi connectivity index (χ1v) is 10.2. The molecule has 0 aromatic heterocycles. The maximum Gasteiger partial charge on any atom is 0.251 e. The fourth-order valence-corrected chi connectivity index (χ4v) is 3.70. The van der Waals surface area contributed by atoms with E-state index in [0.29, 0.717) is 12.5 Å². The number of nitrogens with one attached hydrogen (secondary N) is 1. The molecule has 0 spiro atoms. The fourth-order valence-electron chi connectivity index (χ4n) is 2.89. The average molecular weight is 372 g/mol. The summed E-state index contributed by atoms with van der Waals surface area (Å²) in [5, 5.41) is 3.04. The Kier molecular flexibility index (Phi) is 7.58. The molecule has 0 fully saturated rings. The first-order valence-electron chi connectivity index (χ1n) is 9.02. The van der Waals surface area contributed by atoms with Gasteiger partial charge < -0.3 is 10.1 Å². The summed E-state index contributed by atoms with van der Waals surface area (Å²) >= 11 is 1.84. The van der Waals surface area contributed by atoms with Gasteiger partial charge in [0.15, 0.2) is 0 Å². The second-order valence-electron chi connectivity index (χ2n) is 6.86. The van der Waals surface area contributed by atoms with Gasteiger partial charge in [-0.3, -0.25) is 4.79 Å². The standard InChI is InChI=1S/C22H29NO2S/c1-15(2)19-13-20(17(4)12-21(19)25-5)22(24)23-9-10-26-14-18-8-6-7-16(3)11-18/h6-8,11-13,15H,9-10,14H2,1-5H3,(H,23,24). The van der Waals surface area contributed by atoms with Gasteiger partial charge in [0.1, 0.15) is 5.75 Å². The maximum absolute atomic E-state index is 12.6. The van der Waals surface area contributed by atoms with E-state index in [1.54, 1.807) is 7.11 Å². The first kappa shape index (κ1) is 20.4. The van der Waals surface area contributed by atoms with Crippen LogP contribution in [0.1, 0.15) is 52.4 Å². The van der Waals surface area contributed by atoms with Crippen LogP contribution in [-0.4, -0.2) is 25.3 Å². The predicted octanol–water partition coefficient (Wildman–Crippen LogP) is 5.10. The highest BCUT2D eigenvalue weighted by Crippen LogP contribution is 2.29. The topological polar surface area (TPSA) is 38.3 Å². The van der Waals surface area contributed by atoms with Gasteiger partial charge in [-0.15, -0.1) is 0 Å². The molecule has 0 bridgehead atoms. The Hall–Kier alpha value is -1.94. The number of carbonyl (C=O) groups excluding carboxylic acids is 1. The molecule has 140 valence electrons. The van der Waals surface area contributed by atoms with Gasteiger partial charge in [-0.1, -0.05) is 43.7 Å². The van der Waals surface area contributed by atoms with Gasteiger partial charge in [-0.05, 0) is 48.6 Å².